The van der Waals surface area contributed by atoms with Crippen LogP contribution in [0.2, 0.25) is 5.02 Å². The average molecular weight is 398 g/mol. The van der Waals surface area contributed by atoms with Crippen molar-refractivity contribution < 1.29 is 4.79 Å². The van der Waals surface area contributed by atoms with Crippen molar-refractivity contribution in [1.29, 1.82) is 0 Å². The van der Waals surface area contributed by atoms with Crippen LogP contribution in [0.1, 0.15) is 5.56 Å². The van der Waals surface area contributed by atoms with Crippen molar-refractivity contribution in [3.63, 3.8) is 0 Å². The van der Waals surface area contributed by atoms with Crippen molar-refractivity contribution >= 4 is 29.1 Å². The van der Waals surface area contributed by atoms with Crippen LogP contribution < -0.4 is 10.2 Å². The molecule has 3 aromatic rings. The van der Waals surface area contributed by atoms with Crippen molar-refractivity contribution in [2.45, 2.75) is 6.92 Å². The van der Waals surface area contributed by atoms with E-state index in [4.69, 9.17) is 11.6 Å². The van der Waals surface area contributed by atoms with Gasteiger partial charge in [-0.2, -0.15) is 5.10 Å². The molecule has 0 atom stereocenters. The molecule has 1 aliphatic heterocycles. The number of nitrogens with zero attached hydrogens (tertiary/aromatic N) is 6. The van der Waals surface area contributed by atoms with Gasteiger partial charge in [-0.1, -0.05) is 17.7 Å². The standard InChI is InChI=1S/C19H20ClN7O/c1-14-15(20)4-2-5-16(14)22-19(28)26-12-10-25(11-13-26)17-6-7-18(24-23-17)27-9-3-8-21-27/h2-9H,10-13H2,1H3,(H,22,28). The molecule has 0 saturated carbocycles. The number of urea groups is 1. The van der Waals surface area contributed by atoms with Gasteiger partial charge in [-0.05, 0) is 42.8 Å². The first-order valence-electron chi connectivity index (χ1n) is 9.01. The van der Waals surface area contributed by atoms with Crippen LogP contribution in [0.4, 0.5) is 16.3 Å². The lowest BCUT2D eigenvalue weighted by Gasteiger charge is -2.35. The molecule has 8 nitrogen and oxygen atoms in total. The fourth-order valence-electron chi connectivity index (χ4n) is 3.09. The van der Waals surface area contributed by atoms with Crippen LogP contribution in [-0.4, -0.2) is 57.1 Å². The first-order chi connectivity index (χ1) is 13.6. The normalized spacial score (nSPS) is 14.2. The molecule has 1 aliphatic rings. The summed E-state index contributed by atoms with van der Waals surface area (Å²) in [6.07, 6.45) is 3.52. The van der Waals surface area contributed by atoms with Crippen molar-refractivity contribution in [1.82, 2.24) is 24.9 Å². The van der Waals surface area contributed by atoms with Gasteiger partial charge in [0.15, 0.2) is 11.6 Å². The number of carbonyl (C=O) groups is 1. The van der Waals surface area contributed by atoms with Gasteiger partial charge in [0, 0.05) is 49.3 Å². The molecule has 0 radical (unpaired) electrons. The summed E-state index contributed by atoms with van der Waals surface area (Å²) < 4.78 is 1.66. The summed E-state index contributed by atoms with van der Waals surface area (Å²) in [5.74, 6) is 1.46. The van der Waals surface area contributed by atoms with E-state index in [2.05, 4.69) is 25.5 Å². The molecule has 2 aromatic heterocycles. The van der Waals surface area contributed by atoms with Gasteiger partial charge in [0.1, 0.15) is 0 Å². The van der Waals surface area contributed by atoms with Gasteiger partial charge in [0.2, 0.25) is 0 Å². The molecule has 1 N–H and O–H groups in total. The monoisotopic (exact) mass is 397 g/mol. The molecule has 0 aliphatic carbocycles. The highest BCUT2D eigenvalue weighted by atomic mass is 35.5. The second-order valence-electron chi connectivity index (χ2n) is 6.52. The number of nitrogens with one attached hydrogen (secondary N) is 1. The Kier molecular flexibility index (Phi) is 5.12. The molecular weight excluding hydrogens is 378 g/mol. The van der Waals surface area contributed by atoms with Gasteiger partial charge in [-0.25, -0.2) is 9.48 Å². The minimum Gasteiger partial charge on any atom is -0.352 e. The first-order valence-corrected chi connectivity index (χ1v) is 9.39. The highest BCUT2D eigenvalue weighted by Crippen LogP contribution is 2.23. The van der Waals surface area contributed by atoms with E-state index in [9.17, 15) is 4.79 Å². The van der Waals surface area contributed by atoms with Crippen LogP contribution in [0.3, 0.4) is 0 Å². The van der Waals surface area contributed by atoms with E-state index in [1.165, 1.54) is 0 Å². The largest absolute Gasteiger partial charge is 0.352 e. The molecule has 2 amide bonds. The maximum absolute atomic E-state index is 12.6. The molecule has 1 saturated heterocycles. The summed E-state index contributed by atoms with van der Waals surface area (Å²) in [4.78, 5) is 16.5. The van der Waals surface area contributed by atoms with Gasteiger partial charge >= 0.3 is 6.03 Å². The van der Waals surface area contributed by atoms with Crippen LogP contribution >= 0.6 is 11.6 Å². The average Bonchev–Trinajstić information content (AvgIpc) is 3.26. The number of amides is 2. The summed E-state index contributed by atoms with van der Waals surface area (Å²) in [5, 5.41) is 16.3. The Labute approximate surface area is 167 Å². The molecule has 4 rings (SSSR count). The Morgan fingerprint density at radius 2 is 1.79 bits per heavy atom. The molecule has 1 fully saturated rings. The number of piperazine rings is 1. The highest BCUT2D eigenvalue weighted by Gasteiger charge is 2.22. The molecule has 0 bridgehead atoms. The van der Waals surface area contributed by atoms with E-state index < -0.39 is 0 Å². The lowest BCUT2D eigenvalue weighted by Crippen LogP contribution is -2.50. The van der Waals surface area contributed by atoms with Crippen molar-refractivity contribution in [3.8, 4) is 5.82 Å². The summed E-state index contributed by atoms with van der Waals surface area (Å²) >= 11 is 6.12. The molecule has 144 valence electrons. The Bertz CT molecular complexity index is 951. The summed E-state index contributed by atoms with van der Waals surface area (Å²) in [6, 6.07) is 11.0. The lowest BCUT2D eigenvalue weighted by atomic mass is 10.2. The quantitative estimate of drug-likeness (QED) is 0.735. The Balaban J connectivity index is 1.35. The maximum atomic E-state index is 12.6. The van der Waals surface area contributed by atoms with Crippen LogP contribution in [-0.2, 0) is 0 Å². The number of halogens is 1. The molecule has 0 unspecified atom stereocenters. The van der Waals surface area contributed by atoms with Gasteiger partial charge in [0.25, 0.3) is 0 Å². The van der Waals surface area contributed by atoms with Crippen LogP contribution in [0.25, 0.3) is 5.82 Å². The maximum Gasteiger partial charge on any atom is 0.321 e. The van der Waals surface area contributed by atoms with E-state index in [1.807, 2.05) is 49.5 Å². The van der Waals surface area contributed by atoms with E-state index in [1.54, 1.807) is 15.8 Å². The first kappa shape index (κ1) is 18.2. The fraction of sp³-hybridized carbons (Fsp3) is 0.263. The van der Waals surface area contributed by atoms with Crippen LogP contribution in [0, 0.1) is 6.92 Å². The Morgan fingerprint density at radius 1 is 1.04 bits per heavy atom. The number of rotatable bonds is 3. The third-order valence-electron chi connectivity index (χ3n) is 4.78. The predicted molar refractivity (Wildman–Crippen MR) is 108 cm³/mol. The van der Waals surface area contributed by atoms with Crippen molar-refractivity contribution in [2.24, 2.45) is 0 Å². The minimum atomic E-state index is -0.120. The zero-order valence-corrected chi connectivity index (χ0v) is 16.2. The van der Waals surface area contributed by atoms with E-state index in [-0.39, 0.29) is 6.03 Å². The number of carbonyl (C=O) groups excluding carboxylic acids is 1. The molecule has 0 spiro atoms. The summed E-state index contributed by atoms with van der Waals surface area (Å²) in [7, 11) is 0. The minimum absolute atomic E-state index is 0.120. The van der Waals surface area contributed by atoms with Crippen molar-refractivity contribution in [3.05, 3.63) is 59.4 Å². The molecule has 9 heteroatoms. The predicted octanol–water partition coefficient (Wildman–Crippen LogP) is 2.98. The number of aromatic nitrogens is 4. The molecule has 28 heavy (non-hydrogen) atoms. The summed E-state index contributed by atoms with van der Waals surface area (Å²) in [5.41, 5.74) is 1.60. The van der Waals surface area contributed by atoms with Crippen LogP contribution in [0.5, 0.6) is 0 Å². The van der Waals surface area contributed by atoms with E-state index in [0.29, 0.717) is 37.0 Å². The molecule has 3 heterocycles. The van der Waals surface area contributed by atoms with Gasteiger partial charge in [0.05, 0.1) is 0 Å². The highest BCUT2D eigenvalue weighted by molar-refractivity contribution is 6.31. The van der Waals surface area contributed by atoms with E-state index >= 15 is 0 Å². The number of benzene rings is 1. The third kappa shape index (κ3) is 3.77. The third-order valence-corrected chi connectivity index (χ3v) is 5.19. The second kappa shape index (κ2) is 7.85. The number of anilines is 2. The van der Waals surface area contributed by atoms with Crippen molar-refractivity contribution in [2.75, 3.05) is 36.4 Å². The SMILES string of the molecule is Cc1c(Cl)cccc1NC(=O)N1CCN(c2ccc(-n3cccn3)nn2)CC1. The Morgan fingerprint density at radius 3 is 2.46 bits per heavy atom. The summed E-state index contributed by atoms with van der Waals surface area (Å²) in [6.45, 7) is 4.49. The zero-order valence-electron chi connectivity index (χ0n) is 15.4. The molecular formula is C19H20ClN7O. The Hall–Kier alpha value is -3.13. The van der Waals surface area contributed by atoms with Gasteiger partial charge in [-0.15, -0.1) is 10.2 Å². The molecule has 1 aromatic carbocycles. The number of hydrogen-bond donors (Lipinski definition) is 1. The van der Waals surface area contributed by atoms with E-state index in [0.717, 1.165) is 17.1 Å². The number of hydrogen-bond acceptors (Lipinski definition) is 5. The smallest absolute Gasteiger partial charge is 0.321 e. The lowest BCUT2D eigenvalue weighted by molar-refractivity contribution is 0.208. The zero-order chi connectivity index (χ0) is 19.5. The van der Waals surface area contributed by atoms with Gasteiger partial charge < -0.3 is 15.1 Å². The topological polar surface area (TPSA) is 79.2 Å². The second-order valence-corrected chi connectivity index (χ2v) is 6.92. The van der Waals surface area contributed by atoms with Crippen LogP contribution in [0.15, 0.2) is 48.8 Å². The fourth-order valence-corrected chi connectivity index (χ4v) is 3.26. The van der Waals surface area contributed by atoms with Gasteiger partial charge in [-0.3, -0.25) is 0 Å².